The number of nitrogens with one attached hydrogen (secondary N) is 1. The van der Waals surface area contributed by atoms with Crippen LogP contribution in [0.25, 0.3) is 17.3 Å². The summed E-state index contributed by atoms with van der Waals surface area (Å²) in [6.45, 7) is 5.74. The molecule has 1 unspecified atom stereocenters. The van der Waals surface area contributed by atoms with E-state index in [0.29, 0.717) is 17.2 Å². The van der Waals surface area contributed by atoms with Crippen LogP contribution in [-0.2, 0) is 0 Å². The number of phenols is 1. The maximum atomic E-state index is 10.2. The highest BCUT2D eigenvalue weighted by atomic mass is 16.3. The molecule has 1 aromatic heterocycles. The Hall–Kier alpha value is -2.40. The zero-order valence-corrected chi connectivity index (χ0v) is 12.4. The van der Waals surface area contributed by atoms with Crippen LogP contribution < -0.4 is 11.1 Å². The maximum absolute atomic E-state index is 10.2. The van der Waals surface area contributed by atoms with Gasteiger partial charge in [0, 0.05) is 18.0 Å². The lowest BCUT2D eigenvalue weighted by atomic mass is 9.94. The molecule has 0 radical (unpaired) electrons. The van der Waals surface area contributed by atoms with E-state index in [1.165, 1.54) is 0 Å². The van der Waals surface area contributed by atoms with Crippen LogP contribution in [0.3, 0.4) is 0 Å². The van der Waals surface area contributed by atoms with Crippen molar-refractivity contribution in [2.45, 2.75) is 18.8 Å². The summed E-state index contributed by atoms with van der Waals surface area (Å²) in [6, 6.07) is 7.24. The highest BCUT2D eigenvalue weighted by Gasteiger charge is 2.19. The third kappa shape index (κ3) is 2.80. The number of benzene rings is 1. The van der Waals surface area contributed by atoms with Crippen LogP contribution in [0, 0.1) is 0 Å². The van der Waals surface area contributed by atoms with Crippen molar-refractivity contribution >= 4 is 12.0 Å². The fourth-order valence-corrected chi connectivity index (χ4v) is 2.93. The lowest BCUT2D eigenvalue weighted by Crippen LogP contribution is -2.29. The molecule has 2 aromatic rings. The van der Waals surface area contributed by atoms with E-state index in [9.17, 15) is 5.11 Å². The molecule has 1 saturated heterocycles. The Morgan fingerprint density at radius 2 is 2.23 bits per heavy atom. The number of aromatic nitrogens is 2. The van der Waals surface area contributed by atoms with Crippen molar-refractivity contribution in [3.63, 3.8) is 0 Å². The molecular formula is C17H20N4O. The molecule has 1 atom stereocenters. The normalized spacial score (nSPS) is 18.1. The van der Waals surface area contributed by atoms with Crippen molar-refractivity contribution in [1.82, 2.24) is 15.3 Å². The van der Waals surface area contributed by atoms with Crippen LogP contribution in [0.4, 0.5) is 5.95 Å². The molecule has 22 heavy (non-hydrogen) atoms. The van der Waals surface area contributed by atoms with Crippen LogP contribution in [-0.4, -0.2) is 28.2 Å². The van der Waals surface area contributed by atoms with E-state index in [1.54, 1.807) is 18.2 Å². The van der Waals surface area contributed by atoms with Gasteiger partial charge < -0.3 is 16.2 Å². The number of hydrogen-bond donors (Lipinski definition) is 3. The monoisotopic (exact) mass is 296 g/mol. The number of aromatic hydroxyl groups is 1. The fourth-order valence-electron chi connectivity index (χ4n) is 2.93. The Morgan fingerprint density at radius 1 is 1.36 bits per heavy atom. The van der Waals surface area contributed by atoms with Crippen molar-refractivity contribution < 1.29 is 5.11 Å². The second-order valence-corrected chi connectivity index (χ2v) is 5.53. The third-order valence-electron chi connectivity index (χ3n) is 4.03. The molecule has 4 N–H and O–H groups in total. The van der Waals surface area contributed by atoms with Gasteiger partial charge in [0.1, 0.15) is 5.75 Å². The Labute approximate surface area is 129 Å². The van der Waals surface area contributed by atoms with Gasteiger partial charge in [-0.15, -0.1) is 0 Å². The lowest BCUT2D eigenvalue weighted by molar-refractivity contribution is 0.454. The van der Waals surface area contributed by atoms with Crippen molar-refractivity contribution in [2.75, 3.05) is 18.8 Å². The predicted octanol–water partition coefficient (Wildman–Crippen LogP) is 2.54. The highest BCUT2D eigenvalue weighted by molar-refractivity contribution is 5.78. The minimum absolute atomic E-state index is 0.170. The second-order valence-electron chi connectivity index (χ2n) is 5.53. The van der Waals surface area contributed by atoms with E-state index in [0.717, 1.165) is 37.2 Å². The molecule has 1 aromatic carbocycles. The number of hydrogen-bond acceptors (Lipinski definition) is 5. The zero-order chi connectivity index (χ0) is 15.5. The third-order valence-corrected chi connectivity index (χ3v) is 4.03. The van der Waals surface area contributed by atoms with Gasteiger partial charge in [-0.2, -0.15) is 0 Å². The van der Waals surface area contributed by atoms with Crippen LogP contribution in [0.15, 0.2) is 30.8 Å². The molecule has 0 aliphatic carbocycles. The number of nitrogens with two attached hydrogens (primary N) is 1. The summed E-state index contributed by atoms with van der Waals surface area (Å²) in [5, 5.41) is 13.6. The summed E-state index contributed by atoms with van der Waals surface area (Å²) in [6.07, 6.45) is 3.91. The van der Waals surface area contributed by atoms with Gasteiger partial charge in [0.2, 0.25) is 5.95 Å². The van der Waals surface area contributed by atoms with Crippen molar-refractivity contribution in [1.29, 1.82) is 0 Å². The summed E-state index contributed by atoms with van der Waals surface area (Å²) in [5.41, 5.74) is 8.93. The van der Waals surface area contributed by atoms with Gasteiger partial charge in [0.15, 0.2) is 0 Å². The van der Waals surface area contributed by atoms with Crippen LogP contribution in [0.2, 0.25) is 0 Å². The molecule has 1 aliphatic rings. The molecule has 0 spiro atoms. The molecule has 5 nitrogen and oxygen atoms in total. The minimum atomic E-state index is 0.170. The van der Waals surface area contributed by atoms with Crippen molar-refractivity contribution in [3.05, 3.63) is 42.1 Å². The van der Waals surface area contributed by atoms with E-state index in [-0.39, 0.29) is 11.7 Å². The topological polar surface area (TPSA) is 84.1 Å². The van der Waals surface area contributed by atoms with Crippen molar-refractivity contribution in [3.8, 4) is 17.0 Å². The van der Waals surface area contributed by atoms with Gasteiger partial charge in [0.05, 0.1) is 11.4 Å². The van der Waals surface area contributed by atoms with Gasteiger partial charge in [0.25, 0.3) is 0 Å². The molecule has 114 valence electrons. The average Bonchev–Trinajstić information content (AvgIpc) is 2.54. The second kappa shape index (κ2) is 6.15. The quantitative estimate of drug-likeness (QED) is 0.810. The van der Waals surface area contributed by atoms with Gasteiger partial charge in [-0.1, -0.05) is 24.8 Å². The minimum Gasteiger partial charge on any atom is -0.507 e. The molecule has 3 rings (SSSR count). The molecule has 0 bridgehead atoms. The molecule has 2 heterocycles. The number of phenolic OH excluding ortho intramolecular Hbond substituents is 1. The lowest BCUT2D eigenvalue weighted by Gasteiger charge is -2.22. The summed E-state index contributed by atoms with van der Waals surface area (Å²) >= 11 is 0. The first kappa shape index (κ1) is 14.5. The van der Waals surface area contributed by atoms with E-state index >= 15 is 0 Å². The summed E-state index contributed by atoms with van der Waals surface area (Å²) in [7, 11) is 0. The first-order chi connectivity index (χ1) is 10.7. The Kier molecular flexibility index (Phi) is 4.06. The number of nitrogen functional groups attached to an aromatic ring is 1. The first-order valence-corrected chi connectivity index (χ1v) is 7.49. The van der Waals surface area contributed by atoms with Crippen LogP contribution in [0.1, 0.15) is 30.0 Å². The van der Waals surface area contributed by atoms with Crippen LogP contribution in [0.5, 0.6) is 5.75 Å². The van der Waals surface area contributed by atoms with Gasteiger partial charge in [-0.25, -0.2) is 9.97 Å². The van der Waals surface area contributed by atoms with Crippen LogP contribution >= 0.6 is 0 Å². The Bertz CT molecular complexity index is 693. The number of piperidine rings is 1. The van der Waals surface area contributed by atoms with E-state index in [1.807, 2.05) is 12.1 Å². The molecule has 1 fully saturated rings. The molecule has 0 amide bonds. The Morgan fingerprint density at radius 3 is 2.95 bits per heavy atom. The van der Waals surface area contributed by atoms with E-state index < -0.39 is 0 Å². The summed E-state index contributed by atoms with van der Waals surface area (Å²) in [5.74, 6) is 0.732. The highest BCUT2D eigenvalue weighted by Crippen LogP contribution is 2.34. The largest absolute Gasteiger partial charge is 0.507 e. The standard InChI is InChI=1S/C17H20N4O/c1-2-11-5-3-7-15(22)16(11)14-9-13(20-17(18)21-14)12-6-4-8-19-10-12/h2-3,5,7,9,12,19,22H,1,4,6,8,10H2,(H2,18,20,21). The number of anilines is 1. The van der Waals surface area contributed by atoms with Gasteiger partial charge in [-0.3, -0.25) is 0 Å². The molecule has 1 aliphatic heterocycles. The van der Waals surface area contributed by atoms with Gasteiger partial charge >= 0.3 is 0 Å². The number of nitrogens with zero attached hydrogens (tertiary/aromatic N) is 2. The molecule has 0 saturated carbocycles. The van der Waals surface area contributed by atoms with E-state index in [4.69, 9.17) is 5.73 Å². The zero-order valence-electron chi connectivity index (χ0n) is 12.4. The SMILES string of the molecule is C=Cc1cccc(O)c1-c1cc(C2CCCNC2)nc(N)n1. The maximum Gasteiger partial charge on any atom is 0.220 e. The average molecular weight is 296 g/mol. The molecular weight excluding hydrogens is 276 g/mol. The van der Waals surface area contributed by atoms with Gasteiger partial charge in [-0.05, 0) is 37.1 Å². The predicted molar refractivity (Wildman–Crippen MR) is 88.5 cm³/mol. The summed E-state index contributed by atoms with van der Waals surface area (Å²) < 4.78 is 0. The first-order valence-electron chi connectivity index (χ1n) is 7.49. The van der Waals surface area contributed by atoms with E-state index in [2.05, 4.69) is 21.9 Å². The summed E-state index contributed by atoms with van der Waals surface area (Å²) in [4.78, 5) is 8.69. The Balaban J connectivity index is 2.08. The molecule has 5 heteroatoms. The number of rotatable bonds is 3. The van der Waals surface area contributed by atoms with Crippen molar-refractivity contribution in [2.24, 2.45) is 0 Å². The fraction of sp³-hybridized carbons (Fsp3) is 0.294. The smallest absolute Gasteiger partial charge is 0.220 e.